The molecule has 0 fully saturated rings. The van der Waals surface area contributed by atoms with E-state index < -0.39 is 0 Å². The average Bonchev–Trinajstić information content (AvgIpc) is 2.53. The summed E-state index contributed by atoms with van der Waals surface area (Å²) in [6.07, 6.45) is 0. The van der Waals surface area contributed by atoms with Gasteiger partial charge in [0.05, 0.1) is 0 Å². The molecule has 106 valence electrons. The second kappa shape index (κ2) is 8.11. The second-order valence-electron chi connectivity index (χ2n) is 4.42. The van der Waals surface area contributed by atoms with Gasteiger partial charge in [0.1, 0.15) is 0 Å². The van der Waals surface area contributed by atoms with E-state index >= 15 is 0 Å². The van der Waals surface area contributed by atoms with Crippen LogP contribution in [0.3, 0.4) is 0 Å². The molecule has 0 saturated heterocycles. The Labute approximate surface area is 153 Å². The molecule has 2 rings (SSSR count). The van der Waals surface area contributed by atoms with Crippen molar-refractivity contribution in [1.29, 1.82) is 0 Å². The number of halogens is 4. The Morgan fingerprint density at radius 1 is 0.650 bits per heavy atom. The Hall–Kier alpha value is 0.360. The van der Waals surface area contributed by atoms with E-state index in [2.05, 4.69) is 100 Å². The molecule has 0 amide bonds. The van der Waals surface area contributed by atoms with Gasteiger partial charge < -0.3 is 0 Å². The molecule has 0 saturated carbocycles. The third kappa shape index (κ3) is 3.40. The summed E-state index contributed by atoms with van der Waals surface area (Å²) in [6, 6.07) is 12.9. The van der Waals surface area contributed by atoms with Crippen molar-refractivity contribution >= 4 is 63.7 Å². The van der Waals surface area contributed by atoms with E-state index in [9.17, 15) is 0 Å². The number of rotatable bonds is 5. The minimum Gasteiger partial charge on any atom is -0.0876 e. The maximum atomic E-state index is 3.66. The van der Waals surface area contributed by atoms with Crippen molar-refractivity contribution in [2.75, 3.05) is 0 Å². The van der Waals surface area contributed by atoms with Gasteiger partial charge in [-0.25, -0.2) is 0 Å². The molecule has 0 atom stereocenters. The number of hydrogen-bond donors (Lipinski definition) is 0. The highest BCUT2D eigenvalue weighted by Gasteiger charge is 2.16. The Balaban J connectivity index is 2.74. The molecule has 0 aromatic heterocycles. The molecule has 2 aromatic rings. The predicted octanol–water partition coefficient (Wildman–Crippen LogP) is 6.93. The Bertz CT molecular complexity index is 579. The van der Waals surface area contributed by atoms with Crippen molar-refractivity contribution in [2.45, 2.75) is 21.3 Å². The van der Waals surface area contributed by atoms with E-state index in [0.29, 0.717) is 0 Å². The summed E-state index contributed by atoms with van der Waals surface area (Å²) >= 11 is 14.6. The summed E-state index contributed by atoms with van der Waals surface area (Å²) in [5, 5.41) is 3.48. The topological polar surface area (TPSA) is 0 Å². The van der Waals surface area contributed by atoms with Crippen molar-refractivity contribution in [1.82, 2.24) is 0 Å². The first-order valence-electron chi connectivity index (χ1n) is 6.22. The summed E-state index contributed by atoms with van der Waals surface area (Å²) in [4.78, 5) is 0. The van der Waals surface area contributed by atoms with Crippen molar-refractivity contribution < 1.29 is 0 Å². The third-order valence-corrected chi connectivity index (χ3v) is 5.68. The van der Waals surface area contributed by atoms with E-state index in [1.165, 1.54) is 33.4 Å². The standard InChI is InChI=1S/C16H14Br4/c17-7-12-6-13(11-4-2-1-3-5-11)15(9-19)16(10-20)14(12)8-18/h1-6H,7-10H2. The molecule has 0 nitrogen and oxygen atoms in total. The lowest BCUT2D eigenvalue weighted by atomic mass is 9.91. The predicted molar refractivity (Wildman–Crippen MR) is 102 cm³/mol. The lowest BCUT2D eigenvalue weighted by Crippen LogP contribution is -2.02. The van der Waals surface area contributed by atoms with Crippen molar-refractivity contribution in [3.05, 3.63) is 58.7 Å². The fourth-order valence-electron chi connectivity index (χ4n) is 2.36. The lowest BCUT2D eigenvalue weighted by Gasteiger charge is -2.19. The number of hydrogen-bond acceptors (Lipinski definition) is 0. The average molecular weight is 526 g/mol. The van der Waals surface area contributed by atoms with Crippen LogP contribution in [0.5, 0.6) is 0 Å². The first-order valence-corrected chi connectivity index (χ1v) is 10.7. The zero-order valence-electron chi connectivity index (χ0n) is 10.8. The molecule has 0 heterocycles. The minimum absolute atomic E-state index is 0.862. The normalized spacial score (nSPS) is 10.8. The van der Waals surface area contributed by atoms with Crippen molar-refractivity contribution in [3.63, 3.8) is 0 Å². The van der Waals surface area contributed by atoms with Crippen molar-refractivity contribution in [3.8, 4) is 11.1 Å². The van der Waals surface area contributed by atoms with Crippen LogP contribution in [-0.2, 0) is 21.3 Å². The van der Waals surface area contributed by atoms with Crippen LogP contribution in [0.25, 0.3) is 11.1 Å². The van der Waals surface area contributed by atoms with E-state index in [-0.39, 0.29) is 0 Å². The molecular formula is C16H14Br4. The summed E-state index contributed by atoms with van der Waals surface area (Å²) in [7, 11) is 0. The lowest BCUT2D eigenvalue weighted by molar-refractivity contribution is 1.18. The van der Waals surface area contributed by atoms with Crippen LogP contribution in [-0.4, -0.2) is 0 Å². The molecule has 20 heavy (non-hydrogen) atoms. The molecule has 0 N–H and O–H groups in total. The van der Waals surface area contributed by atoms with Crippen molar-refractivity contribution in [2.24, 2.45) is 0 Å². The molecule has 0 aliphatic rings. The highest BCUT2D eigenvalue weighted by molar-refractivity contribution is 9.09. The van der Waals surface area contributed by atoms with Gasteiger partial charge in [-0.15, -0.1) is 0 Å². The monoisotopic (exact) mass is 522 g/mol. The summed E-state index contributed by atoms with van der Waals surface area (Å²) in [6.45, 7) is 0. The zero-order valence-corrected chi connectivity index (χ0v) is 17.1. The van der Waals surface area contributed by atoms with Gasteiger partial charge in [0.25, 0.3) is 0 Å². The summed E-state index contributed by atoms with van der Waals surface area (Å²) < 4.78 is 0. The highest BCUT2D eigenvalue weighted by Crippen LogP contribution is 2.35. The van der Waals surface area contributed by atoms with Crippen LogP contribution < -0.4 is 0 Å². The Morgan fingerprint density at radius 2 is 1.25 bits per heavy atom. The van der Waals surface area contributed by atoms with Gasteiger partial charge in [0, 0.05) is 21.3 Å². The maximum Gasteiger partial charge on any atom is 0.0292 e. The molecule has 0 unspecified atom stereocenters. The van der Waals surface area contributed by atoms with Gasteiger partial charge in [-0.2, -0.15) is 0 Å². The van der Waals surface area contributed by atoms with E-state index in [0.717, 1.165) is 21.3 Å². The van der Waals surface area contributed by atoms with E-state index in [1.54, 1.807) is 0 Å². The highest BCUT2D eigenvalue weighted by atomic mass is 79.9. The van der Waals surface area contributed by atoms with Crippen LogP contribution in [0, 0.1) is 0 Å². The van der Waals surface area contributed by atoms with Gasteiger partial charge in [-0.1, -0.05) is 94.1 Å². The maximum absolute atomic E-state index is 3.66. The van der Waals surface area contributed by atoms with Gasteiger partial charge >= 0.3 is 0 Å². The van der Waals surface area contributed by atoms with E-state index in [4.69, 9.17) is 0 Å². The number of alkyl halides is 4. The SMILES string of the molecule is BrCc1cc(-c2ccccc2)c(CBr)c(CBr)c1CBr. The molecule has 0 bridgehead atoms. The van der Waals surface area contributed by atoms with Crippen LogP contribution >= 0.6 is 63.7 Å². The number of benzene rings is 2. The fraction of sp³-hybridized carbons (Fsp3) is 0.250. The van der Waals surface area contributed by atoms with Crippen LogP contribution in [0.4, 0.5) is 0 Å². The minimum atomic E-state index is 0.862. The van der Waals surface area contributed by atoms with Gasteiger partial charge in [0.2, 0.25) is 0 Å². The fourth-order valence-corrected chi connectivity index (χ4v) is 4.88. The molecule has 0 aliphatic heterocycles. The summed E-state index contributed by atoms with van der Waals surface area (Å²) in [5.41, 5.74) is 8.07. The molecule has 4 heteroatoms. The molecule has 2 aromatic carbocycles. The first-order chi connectivity index (χ1) is 9.76. The molecule has 0 spiro atoms. The van der Waals surface area contributed by atoms with Gasteiger partial charge in [-0.3, -0.25) is 0 Å². The summed E-state index contributed by atoms with van der Waals surface area (Å²) in [5.74, 6) is 0. The first kappa shape index (κ1) is 16.7. The Kier molecular flexibility index (Phi) is 6.79. The quantitative estimate of drug-likeness (QED) is 0.371. The van der Waals surface area contributed by atoms with E-state index in [1.807, 2.05) is 0 Å². The van der Waals surface area contributed by atoms with Crippen LogP contribution in [0.15, 0.2) is 36.4 Å². The molecule has 0 aliphatic carbocycles. The smallest absolute Gasteiger partial charge is 0.0292 e. The second-order valence-corrected chi connectivity index (χ2v) is 6.66. The molecule has 0 radical (unpaired) electrons. The largest absolute Gasteiger partial charge is 0.0876 e. The van der Waals surface area contributed by atoms with Gasteiger partial charge in [0.15, 0.2) is 0 Å². The zero-order chi connectivity index (χ0) is 14.5. The third-order valence-electron chi connectivity index (χ3n) is 3.39. The molecular weight excluding hydrogens is 512 g/mol. The Morgan fingerprint density at radius 3 is 1.75 bits per heavy atom. The van der Waals surface area contributed by atoms with Crippen LogP contribution in [0.1, 0.15) is 22.3 Å². The van der Waals surface area contributed by atoms with Gasteiger partial charge in [-0.05, 0) is 39.4 Å². The van der Waals surface area contributed by atoms with Crippen LogP contribution in [0.2, 0.25) is 0 Å².